The number of phenolic OH excluding ortho intramolecular Hbond substituents is 1. The van der Waals surface area contributed by atoms with Crippen molar-refractivity contribution in [2.75, 3.05) is 0 Å². The van der Waals surface area contributed by atoms with Gasteiger partial charge in [-0.15, -0.1) is 0 Å². The minimum atomic E-state index is 0.0128. The first-order valence-corrected chi connectivity index (χ1v) is 7.28. The minimum absolute atomic E-state index is 0.0128. The van der Waals surface area contributed by atoms with Crippen LogP contribution in [0.4, 0.5) is 0 Å². The van der Waals surface area contributed by atoms with Crippen LogP contribution in [0.2, 0.25) is 0 Å². The Balaban J connectivity index is 1.85. The van der Waals surface area contributed by atoms with Crippen LogP contribution >= 0.6 is 0 Å². The van der Waals surface area contributed by atoms with Crippen molar-refractivity contribution < 1.29 is 9.90 Å². The Hall–Kier alpha value is -2.87. The van der Waals surface area contributed by atoms with Crippen LogP contribution in [0.3, 0.4) is 0 Å². The van der Waals surface area contributed by atoms with E-state index in [0.717, 1.165) is 27.5 Å². The van der Waals surface area contributed by atoms with Crippen LogP contribution in [0.15, 0.2) is 66.2 Å². The minimum Gasteiger partial charge on any atom is -0.508 e. The summed E-state index contributed by atoms with van der Waals surface area (Å²) in [6.07, 6.45) is 2.44. The Bertz CT molecular complexity index is 930. The number of aromatic hydroxyl groups is 1. The smallest absolute Gasteiger partial charge is 0.189 e. The first kappa shape index (κ1) is 12.8. The van der Waals surface area contributed by atoms with Gasteiger partial charge in [-0.2, -0.15) is 0 Å². The number of ketones is 1. The Morgan fingerprint density at radius 3 is 2.55 bits per heavy atom. The maximum Gasteiger partial charge on any atom is 0.189 e. The standard InChI is InChI=1S/C20H14O2/c21-19-10-4-9-17-18(19)12-15(20(17)22)11-14-7-3-6-13-5-1-2-8-16(13)14/h1-11,21H,12H2/b15-11+. The molecule has 0 heterocycles. The fourth-order valence-corrected chi connectivity index (χ4v) is 3.10. The number of benzene rings is 3. The number of hydrogen-bond acceptors (Lipinski definition) is 2. The van der Waals surface area contributed by atoms with Crippen LogP contribution < -0.4 is 0 Å². The Morgan fingerprint density at radius 1 is 0.909 bits per heavy atom. The molecule has 0 unspecified atom stereocenters. The van der Waals surface area contributed by atoms with E-state index >= 15 is 0 Å². The molecule has 0 saturated carbocycles. The summed E-state index contributed by atoms with van der Waals surface area (Å²) in [7, 11) is 0. The third-order valence-corrected chi connectivity index (χ3v) is 4.21. The lowest BCUT2D eigenvalue weighted by Gasteiger charge is -2.03. The molecule has 1 aliphatic rings. The molecule has 3 aromatic carbocycles. The van der Waals surface area contributed by atoms with Crippen molar-refractivity contribution in [2.45, 2.75) is 6.42 Å². The summed E-state index contributed by atoms with van der Waals surface area (Å²) in [6, 6.07) is 19.3. The largest absolute Gasteiger partial charge is 0.508 e. The highest BCUT2D eigenvalue weighted by molar-refractivity contribution is 6.16. The van der Waals surface area contributed by atoms with Gasteiger partial charge in [0.15, 0.2) is 5.78 Å². The SMILES string of the molecule is O=C1/C(=C/c2cccc3ccccc23)Cc2c(O)cccc21. The van der Waals surface area contributed by atoms with E-state index in [0.29, 0.717) is 12.0 Å². The van der Waals surface area contributed by atoms with E-state index in [1.54, 1.807) is 18.2 Å². The summed E-state index contributed by atoms with van der Waals surface area (Å²) < 4.78 is 0. The average Bonchev–Trinajstić information content (AvgIpc) is 2.86. The highest BCUT2D eigenvalue weighted by Gasteiger charge is 2.26. The lowest BCUT2D eigenvalue weighted by atomic mass is 10.0. The first-order valence-electron chi connectivity index (χ1n) is 7.28. The summed E-state index contributed by atoms with van der Waals surface area (Å²) in [4.78, 5) is 12.5. The third-order valence-electron chi connectivity index (χ3n) is 4.21. The number of Topliss-reactive ketones (excluding diaryl/α,β-unsaturated/α-hetero) is 1. The second-order valence-corrected chi connectivity index (χ2v) is 5.55. The van der Waals surface area contributed by atoms with Gasteiger partial charge in [-0.05, 0) is 28.5 Å². The molecule has 0 saturated heterocycles. The Kier molecular flexibility index (Phi) is 2.83. The van der Waals surface area contributed by atoms with Crippen molar-refractivity contribution in [1.29, 1.82) is 0 Å². The summed E-state index contributed by atoms with van der Waals surface area (Å²) in [5, 5.41) is 12.2. The van der Waals surface area contributed by atoms with Crippen LogP contribution in [0.5, 0.6) is 5.75 Å². The maximum absolute atomic E-state index is 12.5. The predicted octanol–water partition coefficient (Wildman–Crippen LogP) is 4.37. The number of rotatable bonds is 1. The molecular formula is C20H14O2. The van der Waals surface area contributed by atoms with Crippen LogP contribution in [0, 0.1) is 0 Å². The van der Waals surface area contributed by atoms with Crippen molar-refractivity contribution in [2.24, 2.45) is 0 Å². The van der Waals surface area contributed by atoms with Crippen molar-refractivity contribution in [3.05, 3.63) is 82.9 Å². The lowest BCUT2D eigenvalue weighted by molar-refractivity contribution is 0.104. The van der Waals surface area contributed by atoms with Gasteiger partial charge in [0.25, 0.3) is 0 Å². The fourth-order valence-electron chi connectivity index (χ4n) is 3.10. The molecule has 4 rings (SSSR count). The van der Waals surface area contributed by atoms with Gasteiger partial charge in [0.1, 0.15) is 5.75 Å². The molecule has 0 atom stereocenters. The van der Waals surface area contributed by atoms with Crippen LogP contribution in [-0.4, -0.2) is 10.9 Å². The van der Waals surface area contributed by atoms with Crippen LogP contribution in [0.1, 0.15) is 21.5 Å². The molecule has 3 aromatic rings. The van der Waals surface area contributed by atoms with Crippen molar-refractivity contribution >= 4 is 22.6 Å². The normalized spacial score (nSPS) is 15.5. The van der Waals surface area contributed by atoms with E-state index in [4.69, 9.17) is 0 Å². The van der Waals surface area contributed by atoms with Crippen molar-refractivity contribution in [3.63, 3.8) is 0 Å². The summed E-state index contributed by atoms with van der Waals surface area (Å²) in [5.74, 6) is 0.214. The molecule has 2 heteroatoms. The first-order chi connectivity index (χ1) is 10.7. The molecule has 1 N–H and O–H groups in total. The van der Waals surface area contributed by atoms with E-state index in [2.05, 4.69) is 18.2 Å². The van der Waals surface area contributed by atoms with Gasteiger partial charge in [-0.3, -0.25) is 4.79 Å². The van der Waals surface area contributed by atoms with Gasteiger partial charge in [0.2, 0.25) is 0 Å². The summed E-state index contributed by atoms with van der Waals surface area (Å²) in [6.45, 7) is 0. The zero-order valence-electron chi connectivity index (χ0n) is 11.9. The van der Waals surface area contributed by atoms with E-state index in [9.17, 15) is 9.90 Å². The maximum atomic E-state index is 12.5. The molecule has 0 aliphatic heterocycles. The molecule has 0 amide bonds. The number of carbonyl (C=O) groups is 1. The summed E-state index contributed by atoms with van der Waals surface area (Å²) in [5.41, 5.74) is 3.12. The monoisotopic (exact) mass is 286 g/mol. The molecule has 0 aromatic heterocycles. The number of phenols is 1. The molecule has 1 aliphatic carbocycles. The number of fused-ring (bicyclic) bond motifs is 2. The molecule has 0 fully saturated rings. The Morgan fingerprint density at radius 2 is 1.68 bits per heavy atom. The van der Waals surface area contributed by atoms with Crippen molar-refractivity contribution in [1.82, 2.24) is 0 Å². The number of hydrogen-bond donors (Lipinski definition) is 1. The van der Waals surface area contributed by atoms with Gasteiger partial charge in [0, 0.05) is 23.1 Å². The fraction of sp³-hybridized carbons (Fsp3) is 0.0500. The van der Waals surface area contributed by atoms with Gasteiger partial charge < -0.3 is 5.11 Å². The third kappa shape index (κ3) is 1.92. The van der Waals surface area contributed by atoms with Gasteiger partial charge in [-0.25, -0.2) is 0 Å². The predicted molar refractivity (Wildman–Crippen MR) is 88.1 cm³/mol. The molecule has 106 valence electrons. The zero-order chi connectivity index (χ0) is 15.1. The molecule has 22 heavy (non-hydrogen) atoms. The molecule has 0 bridgehead atoms. The van der Waals surface area contributed by atoms with Gasteiger partial charge >= 0.3 is 0 Å². The molecule has 0 spiro atoms. The number of allylic oxidation sites excluding steroid dienone is 1. The second-order valence-electron chi connectivity index (χ2n) is 5.55. The lowest BCUT2D eigenvalue weighted by Crippen LogP contribution is -1.95. The molecule has 2 nitrogen and oxygen atoms in total. The van der Waals surface area contributed by atoms with E-state index < -0.39 is 0 Å². The molecule has 0 radical (unpaired) electrons. The zero-order valence-corrected chi connectivity index (χ0v) is 11.9. The van der Waals surface area contributed by atoms with E-state index in [1.807, 2.05) is 30.3 Å². The molecular weight excluding hydrogens is 272 g/mol. The van der Waals surface area contributed by atoms with Crippen LogP contribution in [0.25, 0.3) is 16.8 Å². The van der Waals surface area contributed by atoms with Gasteiger partial charge in [0.05, 0.1) is 0 Å². The highest BCUT2D eigenvalue weighted by atomic mass is 16.3. The second kappa shape index (κ2) is 4.85. The highest BCUT2D eigenvalue weighted by Crippen LogP contribution is 2.34. The van der Waals surface area contributed by atoms with Crippen LogP contribution in [-0.2, 0) is 6.42 Å². The van der Waals surface area contributed by atoms with Gasteiger partial charge in [-0.1, -0.05) is 54.6 Å². The topological polar surface area (TPSA) is 37.3 Å². The number of carbonyl (C=O) groups excluding carboxylic acids is 1. The van der Waals surface area contributed by atoms with E-state index in [1.165, 1.54) is 0 Å². The average molecular weight is 286 g/mol. The van der Waals surface area contributed by atoms with E-state index in [-0.39, 0.29) is 11.5 Å². The quantitative estimate of drug-likeness (QED) is 0.674. The Labute approximate surface area is 128 Å². The summed E-state index contributed by atoms with van der Waals surface area (Å²) >= 11 is 0. The van der Waals surface area contributed by atoms with Crippen molar-refractivity contribution in [3.8, 4) is 5.75 Å².